The van der Waals surface area contributed by atoms with Crippen LogP contribution in [0, 0.1) is 33.8 Å². The predicted molar refractivity (Wildman–Crippen MR) is 346 cm³/mol. The van der Waals surface area contributed by atoms with Crippen LogP contribution in [0.25, 0.3) is 0 Å². The van der Waals surface area contributed by atoms with Crippen molar-refractivity contribution in [3.8, 4) is 40.2 Å². The predicted octanol–water partition coefficient (Wildman–Crippen LogP) is 6.59. The van der Waals surface area contributed by atoms with Crippen LogP contribution in [0.15, 0.2) is 119 Å². The number of aliphatic hydroxyl groups excluding tert-OH is 2. The summed E-state index contributed by atoms with van der Waals surface area (Å²) >= 11 is 0. The van der Waals surface area contributed by atoms with Crippen LogP contribution in [-0.4, -0.2) is 199 Å². The van der Waals surface area contributed by atoms with Crippen LogP contribution in [0.4, 0.5) is 24.9 Å². The smallest absolute Gasteiger partial charge is 0.454 e. The van der Waals surface area contributed by atoms with Crippen LogP contribution >= 0.6 is 0 Å². The highest BCUT2D eigenvalue weighted by atomic mass is 32.2. The number of fused-ring (bicyclic) bond motifs is 4. The molecule has 6 aliphatic rings. The van der Waals surface area contributed by atoms with Crippen molar-refractivity contribution in [2.75, 3.05) is 80.3 Å². The molecule has 99 heavy (non-hydrogen) atoms. The van der Waals surface area contributed by atoms with Gasteiger partial charge in [-0.1, -0.05) is 52.0 Å². The molecule has 33 heteroatoms. The highest BCUT2D eigenvalue weighted by molar-refractivity contribution is 7.89. The third-order valence-corrected chi connectivity index (χ3v) is 20.3. The normalized spacial score (nSPS) is 20.8. The van der Waals surface area contributed by atoms with Crippen LogP contribution in [0.2, 0.25) is 0 Å². The maximum atomic E-state index is 13.9. The van der Waals surface area contributed by atoms with Gasteiger partial charge in [-0.05, 0) is 109 Å². The molecule has 5 aromatic carbocycles. The highest BCUT2D eigenvalue weighted by Crippen LogP contribution is 2.38. The van der Waals surface area contributed by atoms with Crippen molar-refractivity contribution in [3.05, 3.63) is 130 Å². The molecule has 0 bridgehead atoms. The average Bonchev–Trinajstić information content (AvgIpc) is 1.77. The van der Waals surface area contributed by atoms with Gasteiger partial charge < -0.3 is 87.3 Å². The number of carbonyl (C=O) groups is 4. The summed E-state index contributed by atoms with van der Waals surface area (Å²) in [5.74, 6) is 1.54. The van der Waals surface area contributed by atoms with Gasteiger partial charge in [0.1, 0.15) is 29.5 Å². The number of alkyl carbamates (subject to hydrolysis) is 2. The lowest BCUT2D eigenvalue weighted by atomic mass is 10.0. The molecule has 31 nitrogen and oxygen atoms in total. The third-order valence-electron chi connectivity index (χ3n) is 16.7. The summed E-state index contributed by atoms with van der Waals surface area (Å²) in [6.07, 6.45) is -6.41. The third kappa shape index (κ3) is 19.0. The van der Waals surface area contributed by atoms with Gasteiger partial charge in [-0.15, -0.1) is 0 Å². The van der Waals surface area contributed by atoms with Crippen LogP contribution in [0.3, 0.4) is 0 Å². The number of sulfonamides is 2. The number of carbonyl (C=O) groups excluding carboxylic acids is 4. The molecule has 11 rings (SSSR count). The Morgan fingerprint density at radius 3 is 1.34 bits per heavy atom. The molecule has 0 aromatic heterocycles. The van der Waals surface area contributed by atoms with Gasteiger partial charge in [0.15, 0.2) is 35.6 Å². The molecular weight excluding hydrogens is 1340 g/mol. The number of hydrogen-bond donors (Lipinski definition) is 4. The fourth-order valence-electron chi connectivity index (χ4n) is 11.6. The molecule has 0 unspecified atom stereocenters. The number of nitrogens with zero attached hydrogens (tertiary/aromatic N) is 4. The van der Waals surface area contributed by atoms with E-state index in [9.17, 15) is 56.3 Å². The summed E-state index contributed by atoms with van der Waals surface area (Å²) < 4.78 is 129. The van der Waals surface area contributed by atoms with Crippen molar-refractivity contribution in [2.24, 2.45) is 23.7 Å². The van der Waals surface area contributed by atoms with Gasteiger partial charge in [0.05, 0.1) is 77.3 Å². The number of amides is 3. The van der Waals surface area contributed by atoms with E-state index >= 15 is 0 Å². The first-order valence-corrected chi connectivity index (χ1v) is 34.9. The minimum absolute atomic E-state index is 0.00280. The van der Waals surface area contributed by atoms with E-state index in [0.717, 1.165) is 0 Å². The monoisotopic (exact) mass is 1420 g/mol. The number of nitrogens with one attached hydrogen (secondary N) is 2. The van der Waals surface area contributed by atoms with Crippen molar-refractivity contribution in [1.29, 1.82) is 0 Å². The Morgan fingerprint density at radius 2 is 0.949 bits per heavy atom. The molecule has 4 fully saturated rings. The minimum Gasteiger partial charge on any atom is -0.454 e. The Bertz CT molecular complexity index is 3870. The first-order valence-electron chi connectivity index (χ1n) is 32.0. The zero-order chi connectivity index (χ0) is 70.7. The lowest BCUT2D eigenvalue weighted by Crippen LogP contribution is -2.51. The van der Waals surface area contributed by atoms with Crippen LogP contribution in [0.5, 0.6) is 40.2 Å². The van der Waals surface area contributed by atoms with Gasteiger partial charge in [0, 0.05) is 64.5 Å². The molecule has 3 amide bonds. The Labute approximate surface area is 571 Å². The minimum atomic E-state index is -4.15. The van der Waals surface area contributed by atoms with Gasteiger partial charge >= 0.3 is 24.4 Å². The second-order valence-electron chi connectivity index (χ2n) is 25.2. The van der Waals surface area contributed by atoms with Gasteiger partial charge in [-0.25, -0.2) is 36.0 Å². The average molecular weight is 1420 g/mol. The SMILES string of the molecule is CC(C)CN(C[C@@H](O)[C@H](Cc1ccc(OC(=O)N(C)C)cc1)NC(=O)O[C@H]1CO[C@H]2OCC[C@H]21)S(=O)(=O)c1ccc2c(c1)OCO2.CC(C)CN(C[C@@H](O)[C@H](Cc1ccc(OC(=O)Oc2ccc([N+](=O)[O-])cc2)cc1)NC(=O)O[C@H]1CO[C@H]2OCC[C@H]21)S(=O)(=O)c1ccc2c(c1)OCO2. The fraction of sp³-hybridized carbons (Fsp3) is 0.485. The van der Waals surface area contributed by atoms with Crippen molar-refractivity contribution in [3.63, 3.8) is 0 Å². The first-order chi connectivity index (χ1) is 47.2. The first kappa shape index (κ1) is 73.1. The van der Waals surface area contributed by atoms with Crippen molar-refractivity contribution >= 4 is 50.2 Å². The summed E-state index contributed by atoms with van der Waals surface area (Å²) in [4.78, 5) is 62.2. The Morgan fingerprint density at radius 1 is 0.556 bits per heavy atom. The van der Waals surface area contributed by atoms with E-state index < -0.39 is 98.5 Å². The second-order valence-corrected chi connectivity index (χ2v) is 29.1. The zero-order valence-electron chi connectivity index (χ0n) is 55.1. The molecule has 4 N–H and O–H groups in total. The summed E-state index contributed by atoms with van der Waals surface area (Å²) in [7, 11) is -5.10. The Balaban J connectivity index is 0.000000216. The van der Waals surface area contributed by atoms with E-state index in [2.05, 4.69) is 10.6 Å². The number of non-ortho nitro benzene ring substituents is 1. The Kier molecular flexibility index (Phi) is 24.0. The van der Waals surface area contributed by atoms with Gasteiger partial charge in [-0.3, -0.25) is 10.1 Å². The van der Waals surface area contributed by atoms with Crippen molar-refractivity contribution < 1.29 is 113 Å². The molecule has 6 heterocycles. The van der Waals surface area contributed by atoms with Crippen LogP contribution < -0.4 is 43.8 Å². The number of nitro groups is 1. The van der Waals surface area contributed by atoms with Crippen molar-refractivity contribution in [2.45, 2.75) is 112 Å². The summed E-state index contributed by atoms with van der Waals surface area (Å²) in [6, 6.07) is 24.3. The van der Waals surface area contributed by atoms with Crippen molar-refractivity contribution in [1.82, 2.24) is 24.1 Å². The molecule has 0 aliphatic carbocycles. The number of ether oxygens (including phenoxy) is 13. The number of rotatable bonds is 26. The number of benzene rings is 5. The number of nitro benzene ring substituents is 1. The van der Waals surface area contributed by atoms with Gasteiger partial charge in [-0.2, -0.15) is 8.61 Å². The molecule has 0 radical (unpaired) electrons. The molecule has 5 aromatic rings. The van der Waals surface area contributed by atoms with Crippen LogP contribution in [0.1, 0.15) is 51.7 Å². The second kappa shape index (κ2) is 32.6. The van der Waals surface area contributed by atoms with Gasteiger partial charge in [0.25, 0.3) is 5.69 Å². The molecular formula is C66H80N6O25S2. The summed E-state index contributed by atoms with van der Waals surface area (Å²) in [5, 5.41) is 39.6. The Hall–Kier alpha value is -8.64. The molecule has 0 spiro atoms. The van der Waals surface area contributed by atoms with E-state index in [4.69, 9.17) is 61.6 Å². The molecule has 10 atom stereocenters. The maximum absolute atomic E-state index is 13.9. The standard InChI is InChI=1S/C35H39N3O14S.C31H41N3O11S/c1-21(2)17-37(53(44,45)26-11-12-30-31(16-26)49-20-48-30)18-29(39)28(36-34(40)52-32-19-47-33-27(32)13-14-46-33)15-22-3-7-24(8-4-22)50-35(41)51-25-9-5-23(6-10-25)38(42)43;1-19(2)15-34(46(38,39)22-9-10-26-27(14-22)43-18-42-26)16-25(35)24(13-20-5-7-21(8-6-20)44-31(37)33(3)4)32-30(36)45-28-17-41-29-23(28)11-12-40-29/h3-12,16,21,27-29,32-33,39H,13-15,17-20H2,1-2H3,(H,36,40);5-10,14,19,23-25,28-29,35H,11-13,15-18H2,1-4H3,(H,32,36)/t27-,28-,29+,32-,33+;23-,24-,25+,28-,29+/m00/s1. The highest BCUT2D eigenvalue weighted by Gasteiger charge is 2.46. The quantitative estimate of drug-likeness (QED) is 0.0196. The van der Waals surface area contributed by atoms with E-state index in [-0.39, 0.29) is 122 Å². The van der Waals surface area contributed by atoms with E-state index in [1.807, 2.05) is 27.7 Å². The van der Waals surface area contributed by atoms with Gasteiger partial charge in [0.2, 0.25) is 33.6 Å². The molecule has 6 aliphatic heterocycles. The van der Waals surface area contributed by atoms with E-state index in [0.29, 0.717) is 60.2 Å². The molecule has 4 saturated heterocycles. The maximum Gasteiger partial charge on any atom is 0.519 e. The summed E-state index contributed by atoms with van der Waals surface area (Å²) in [6.45, 7) is 8.23. The largest absolute Gasteiger partial charge is 0.519 e. The summed E-state index contributed by atoms with van der Waals surface area (Å²) in [5.41, 5.74) is 1.11. The molecule has 0 saturated carbocycles. The molecule has 536 valence electrons. The van der Waals surface area contributed by atoms with E-state index in [1.54, 1.807) is 50.5 Å². The number of aliphatic hydroxyl groups is 2. The van der Waals surface area contributed by atoms with Crippen LogP contribution in [-0.2, 0) is 61.3 Å². The zero-order valence-corrected chi connectivity index (χ0v) is 56.7. The van der Waals surface area contributed by atoms with E-state index in [1.165, 1.54) is 86.3 Å². The lowest BCUT2D eigenvalue weighted by Gasteiger charge is -2.31. The topological polar surface area (TPSA) is 374 Å². The lowest BCUT2D eigenvalue weighted by molar-refractivity contribution is -0.384. The number of hydrogen-bond acceptors (Lipinski definition) is 25. The fourth-order valence-corrected chi connectivity index (χ4v) is 14.9.